The van der Waals surface area contributed by atoms with Gasteiger partial charge in [0.15, 0.2) is 5.75 Å². The summed E-state index contributed by atoms with van der Waals surface area (Å²) < 4.78 is 15.7. The summed E-state index contributed by atoms with van der Waals surface area (Å²) in [5.41, 5.74) is 0. The number of rotatable bonds is 8. The highest BCUT2D eigenvalue weighted by atomic mass is 16.5. The Balaban J connectivity index is 2.01. The van der Waals surface area contributed by atoms with Gasteiger partial charge in [0, 0.05) is 6.61 Å². The van der Waals surface area contributed by atoms with Gasteiger partial charge in [-0.05, 0) is 31.2 Å². The summed E-state index contributed by atoms with van der Waals surface area (Å²) in [6.07, 6.45) is 0. The van der Waals surface area contributed by atoms with Crippen molar-refractivity contribution in [3.63, 3.8) is 0 Å². The van der Waals surface area contributed by atoms with Crippen LogP contribution in [0, 0.1) is 0 Å². The molecule has 0 fully saturated rings. The summed E-state index contributed by atoms with van der Waals surface area (Å²) in [5.74, 6) is 0.674. The van der Waals surface area contributed by atoms with Crippen molar-refractivity contribution in [3.05, 3.63) is 24.3 Å². The van der Waals surface area contributed by atoms with Crippen LogP contribution < -0.4 is 4.74 Å². The molecule has 16 heavy (non-hydrogen) atoms. The second kappa shape index (κ2) is 7.96. The first kappa shape index (κ1) is 12.8. The monoisotopic (exact) mass is 225 g/mol. The van der Waals surface area contributed by atoms with E-state index in [2.05, 4.69) is 0 Å². The maximum absolute atomic E-state index is 10.8. The van der Waals surface area contributed by atoms with Crippen molar-refractivity contribution in [2.24, 2.45) is 0 Å². The minimum Gasteiger partial charge on any atom is -0.491 e. The molecule has 1 aromatic carbocycles. The summed E-state index contributed by atoms with van der Waals surface area (Å²) in [7, 11) is 0. The molecule has 4 heteroatoms. The van der Waals surface area contributed by atoms with E-state index in [1.807, 2.05) is 6.92 Å². The van der Waals surface area contributed by atoms with Crippen LogP contribution in [-0.2, 0) is 14.6 Å². The molecule has 89 valence electrons. The minimum atomic E-state index is -0.0136. The fourth-order valence-electron chi connectivity index (χ4n) is 1.12. The summed E-state index contributed by atoms with van der Waals surface area (Å²) in [4.78, 5) is 0. The fraction of sp³-hybridized carbons (Fsp3) is 0.500. The Kier molecular flexibility index (Phi) is 6.37. The van der Waals surface area contributed by atoms with Gasteiger partial charge in [-0.25, -0.2) is 0 Å². The van der Waals surface area contributed by atoms with Crippen LogP contribution >= 0.6 is 0 Å². The van der Waals surface area contributed by atoms with Crippen LogP contribution in [0.4, 0.5) is 0 Å². The predicted molar refractivity (Wildman–Crippen MR) is 59.4 cm³/mol. The average molecular weight is 225 g/mol. The molecule has 0 saturated heterocycles. The molecule has 0 heterocycles. The molecule has 0 saturated carbocycles. The quantitative estimate of drug-likeness (QED) is 0.637. The Morgan fingerprint density at radius 1 is 0.938 bits per heavy atom. The van der Waals surface area contributed by atoms with Gasteiger partial charge in [0.05, 0.1) is 19.8 Å². The van der Waals surface area contributed by atoms with Gasteiger partial charge in [0.1, 0.15) is 12.4 Å². The van der Waals surface area contributed by atoms with Gasteiger partial charge in [-0.1, -0.05) is 0 Å². The van der Waals surface area contributed by atoms with Gasteiger partial charge in [0.2, 0.25) is 0 Å². The second-order valence-corrected chi connectivity index (χ2v) is 3.13. The third-order valence-electron chi connectivity index (χ3n) is 1.90. The molecule has 0 spiro atoms. The number of benzene rings is 1. The van der Waals surface area contributed by atoms with Crippen molar-refractivity contribution in [1.29, 1.82) is 0 Å². The third kappa shape index (κ3) is 5.58. The standard InChI is InChI=1S/C12H17O4/c1-2-14-7-8-15-9-10-16-12-5-3-11(13)4-6-12/h3-6H,2,7-10H2,1H3. The highest BCUT2D eigenvalue weighted by Gasteiger charge is 1.95. The molecule has 0 aliphatic rings. The minimum absolute atomic E-state index is 0.0136. The van der Waals surface area contributed by atoms with Crippen molar-refractivity contribution in [3.8, 4) is 11.5 Å². The van der Waals surface area contributed by atoms with Gasteiger partial charge >= 0.3 is 0 Å². The van der Waals surface area contributed by atoms with Crippen LogP contribution in [0.25, 0.3) is 0 Å². The largest absolute Gasteiger partial charge is 0.491 e. The summed E-state index contributed by atoms with van der Waals surface area (Å²) in [6.45, 7) is 4.85. The highest BCUT2D eigenvalue weighted by molar-refractivity contribution is 5.29. The molecule has 0 aliphatic carbocycles. The Labute approximate surface area is 95.8 Å². The molecule has 1 aromatic rings. The molecule has 0 aliphatic heterocycles. The Morgan fingerprint density at radius 2 is 1.56 bits per heavy atom. The van der Waals surface area contributed by atoms with Crippen molar-refractivity contribution in [2.45, 2.75) is 6.92 Å². The normalized spacial score (nSPS) is 10.3. The lowest BCUT2D eigenvalue weighted by Gasteiger charge is -2.06. The summed E-state index contributed by atoms with van der Waals surface area (Å²) in [5, 5.41) is 10.8. The first-order valence-corrected chi connectivity index (χ1v) is 5.38. The van der Waals surface area contributed by atoms with Crippen molar-refractivity contribution < 1.29 is 19.3 Å². The topological polar surface area (TPSA) is 47.6 Å². The maximum Gasteiger partial charge on any atom is 0.178 e. The van der Waals surface area contributed by atoms with Crippen LogP contribution in [0.5, 0.6) is 11.5 Å². The zero-order valence-corrected chi connectivity index (χ0v) is 9.48. The lowest BCUT2D eigenvalue weighted by atomic mass is 10.3. The van der Waals surface area contributed by atoms with E-state index in [9.17, 15) is 5.11 Å². The van der Waals surface area contributed by atoms with Crippen molar-refractivity contribution >= 4 is 0 Å². The Bertz CT molecular complexity index is 271. The number of ether oxygens (including phenoxy) is 3. The van der Waals surface area contributed by atoms with E-state index >= 15 is 0 Å². The molecular formula is C12H17O4. The highest BCUT2D eigenvalue weighted by Crippen LogP contribution is 2.16. The molecular weight excluding hydrogens is 208 g/mol. The Hall–Kier alpha value is -1.26. The number of hydrogen-bond donors (Lipinski definition) is 0. The molecule has 4 nitrogen and oxygen atoms in total. The van der Waals surface area contributed by atoms with E-state index in [0.717, 1.165) is 0 Å². The second-order valence-electron chi connectivity index (χ2n) is 3.13. The van der Waals surface area contributed by atoms with Gasteiger partial charge < -0.3 is 14.2 Å². The van der Waals surface area contributed by atoms with Gasteiger partial charge in [-0.3, -0.25) is 5.11 Å². The molecule has 0 N–H and O–H groups in total. The zero-order chi connectivity index (χ0) is 11.6. The van der Waals surface area contributed by atoms with E-state index in [4.69, 9.17) is 14.2 Å². The van der Waals surface area contributed by atoms with Crippen LogP contribution in [0.2, 0.25) is 0 Å². The molecule has 0 bridgehead atoms. The van der Waals surface area contributed by atoms with Crippen molar-refractivity contribution in [1.82, 2.24) is 0 Å². The van der Waals surface area contributed by atoms with Gasteiger partial charge in [-0.2, -0.15) is 0 Å². The van der Waals surface area contributed by atoms with Crippen LogP contribution in [0.3, 0.4) is 0 Å². The Morgan fingerprint density at radius 3 is 2.25 bits per heavy atom. The molecule has 1 radical (unpaired) electrons. The van der Waals surface area contributed by atoms with E-state index in [0.29, 0.717) is 38.8 Å². The van der Waals surface area contributed by atoms with Gasteiger partial charge in [0.25, 0.3) is 0 Å². The smallest absolute Gasteiger partial charge is 0.178 e. The lowest BCUT2D eigenvalue weighted by molar-refractivity contribution is 0.0405. The van der Waals surface area contributed by atoms with E-state index in [1.54, 1.807) is 12.1 Å². The molecule has 0 atom stereocenters. The summed E-state index contributed by atoms with van der Waals surface area (Å²) >= 11 is 0. The van der Waals surface area contributed by atoms with Crippen LogP contribution in [-0.4, -0.2) is 33.0 Å². The number of hydrogen-bond acceptors (Lipinski definition) is 3. The van der Waals surface area contributed by atoms with E-state index < -0.39 is 0 Å². The molecule has 0 amide bonds. The first-order chi connectivity index (χ1) is 7.83. The SMILES string of the molecule is CCOCCOCCOc1ccc([O])cc1. The van der Waals surface area contributed by atoms with Crippen molar-refractivity contribution in [2.75, 3.05) is 33.0 Å². The zero-order valence-electron chi connectivity index (χ0n) is 9.48. The predicted octanol–water partition coefficient (Wildman–Crippen LogP) is 2.26. The third-order valence-corrected chi connectivity index (χ3v) is 1.90. The van der Waals surface area contributed by atoms with E-state index in [-0.39, 0.29) is 5.75 Å². The van der Waals surface area contributed by atoms with E-state index in [1.165, 1.54) is 12.1 Å². The summed E-state index contributed by atoms with van der Waals surface area (Å²) in [6, 6.07) is 6.27. The van der Waals surface area contributed by atoms with Gasteiger partial charge in [-0.15, -0.1) is 0 Å². The molecule has 0 aromatic heterocycles. The molecule has 0 unspecified atom stereocenters. The molecule has 1 rings (SSSR count). The fourth-order valence-corrected chi connectivity index (χ4v) is 1.12. The first-order valence-electron chi connectivity index (χ1n) is 5.38. The van der Waals surface area contributed by atoms with Crippen LogP contribution in [0.15, 0.2) is 24.3 Å². The lowest BCUT2D eigenvalue weighted by Crippen LogP contribution is -2.10. The maximum atomic E-state index is 10.8. The van der Waals surface area contributed by atoms with Crippen LogP contribution in [0.1, 0.15) is 6.92 Å². The average Bonchev–Trinajstić information content (AvgIpc) is 2.30.